The van der Waals surface area contributed by atoms with E-state index < -0.39 is 11.7 Å². The molecule has 8 heteroatoms. The molecule has 3 aromatic rings. The molecule has 36 heavy (non-hydrogen) atoms. The summed E-state index contributed by atoms with van der Waals surface area (Å²) in [5, 5.41) is 3.46. The Morgan fingerprint density at radius 3 is 2.56 bits per heavy atom. The number of likely N-dealkylation sites (tertiary alicyclic amines) is 1. The van der Waals surface area contributed by atoms with E-state index in [0.29, 0.717) is 42.2 Å². The third-order valence-electron chi connectivity index (χ3n) is 6.62. The first-order valence-corrected chi connectivity index (χ1v) is 12.1. The van der Waals surface area contributed by atoms with E-state index in [1.165, 1.54) is 12.1 Å². The van der Waals surface area contributed by atoms with E-state index in [9.17, 15) is 22.4 Å². The van der Waals surface area contributed by atoms with Gasteiger partial charge < -0.3 is 5.32 Å². The molecule has 2 atom stereocenters. The minimum Gasteiger partial charge on any atom is -0.352 e. The third-order valence-corrected chi connectivity index (χ3v) is 6.99. The molecule has 2 unspecified atom stereocenters. The van der Waals surface area contributed by atoms with Gasteiger partial charge in [-0.2, -0.15) is 13.2 Å². The van der Waals surface area contributed by atoms with Crippen molar-refractivity contribution in [1.29, 1.82) is 0 Å². The second-order valence-electron chi connectivity index (χ2n) is 9.34. The fraction of sp³-hybridized carbons (Fsp3) is 0.321. The number of carbonyl (C=O) groups excluding carboxylic acids is 1. The van der Waals surface area contributed by atoms with Crippen molar-refractivity contribution in [3.8, 4) is 0 Å². The fourth-order valence-electron chi connectivity index (χ4n) is 4.73. The molecule has 3 aromatic carbocycles. The molecule has 0 radical (unpaired) electrons. The lowest BCUT2D eigenvalue weighted by molar-refractivity contribution is -0.137. The van der Waals surface area contributed by atoms with Gasteiger partial charge in [0.1, 0.15) is 5.82 Å². The van der Waals surface area contributed by atoms with Crippen LogP contribution in [0.1, 0.15) is 40.2 Å². The second kappa shape index (κ2) is 11.0. The SMILES string of the molecule is Cc1cc(C2CC(C(=O)NCc3cccc(C(F)(F)F)c3)CN(Cc3ccccc3Cl)C2)ccc1F. The van der Waals surface area contributed by atoms with Gasteiger partial charge >= 0.3 is 6.18 Å². The minimum absolute atomic E-state index is 0.00406. The van der Waals surface area contributed by atoms with Crippen LogP contribution in [0.3, 0.4) is 0 Å². The summed E-state index contributed by atoms with van der Waals surface area (Å²) >= 11 is 6.37. The smallest absolute Gasteiger partial charge is 0.352 e. The van der Waals surface area contributed by atoms with Crippen LogP contribution < -0.4 is 5.32 Å². The highest BCUT2D eigenvalue weighted by atomic mass is 35.5. The second-order valence-corrected chi connectivity index (χ2v) is 9.75. The van der Waals surface area contributed by atoms with Gasteiger partial charge in [-0.15, -0.1) is 0 Å². The number of halogens is 5. The predicted molar refractivity (Wildman–Crippen MR) is 132 cm³/mol. The zero-order valence-corrected chi connectivity index (χ0v) is 20.5. The number of aryl methyl sites for hydroxylation is 1. The monoisotopic (exact) mass is 518 g/mol. The normalized spacial score (nSPS) is 18.7. The molecule has 4 rings (SSSR count). The highest BCUT2D eigenvalue weighted by molar-refractivity contribution is 6.31. The van der Waals surface area contributed by atoms with Crippen LogP contribution in [-0.2, 0) is 24.1 Å². The summed E-state index contributed by atoms with van der Waals surface area (Å²) in [4.78, 5) is 15.3. The molecule has 1 fully saturated rings. The van der Waals surface area contributed by atoms with Crippen molar-refractivity contribution >= 4 is 17.5 Å². The lowest BCUT2D eigenvalue weighted by atomic mass is 9.83. The molecule has 3 nitrogen and oxygen atoms in total. The number of amides is 1. The van der Waals surface area contributed by atoms with Gasteiger partial charge in [0.25, 0.3) is 0 Å². The van der Waals surface area contributed by atoms with Gasteiger partial charge in [0, 0.05) is 31.2 Å². The molecule has 1 saturated heterocycles. The van der Waals surface area contributed by atoms with Crippen LogP contribution in [0.25, 0.3) is 0 Å². The van der Waals surface area contributed by atoms with Crippen LogP contribution in [0.4, 0.5) is 17.6 Å². The first-order valence-electron chi connectivity index (χ1n) is 11.8. The van der Waals surface area contributed by atoms with E-state index in [0.717, 1.165) is 23.3 Å². The number of hydrogen-bond acceptors (Lipinski definition) is 2. The quantitative estimate of drug-likeness (QED) is 0.367. The number of carbonyl (C=O) groups is 1. The van der Waals surface area contributed by atoms with Crippen LogP contribution in [0.5, 0.6) is 0 Å². The molecule has 0 aliphatic carbocycles. The molecular formula is C28H27ClF4N2O. The summed E-state index contributed by atoms with van der Waals surface area (Å²) in [5.41, 5.74) is 2.07. The number of nitrogens with one attached hydrogen (secondary N) is 1. The van der Waals surface area contributed by atoms with Gasteiger partial charge in [-0.25, -0.2) is 4.39 Å². The zero-order valence-electron chi connectivity index (χ0n) is 19.8. The molecular weight excluding hydrogens is 492 g/mol. The van der Waals surface area contributed by atoms with Gasteiger partial charge in [-0.05, 0) is 65.8 Å². The van der Waals surface area contributed by atoms with E-state index in [1.807, 2.05) is 30.3 Å². The van der Waals surface area contributed by atoms with Crippen LogP contribution in [-0.4, -0.2) is 23.9 Å². The maximum absolute atomic E-state index is 13.9. The molecule has 1 N–H and O–H groups in total. The number of benzene rings is 3. The summed E-state index contributed by atoms with van der Waals surface area (Å²) < 4.78 is 53.0. The van der Waals surface area contributed by atoms with Crippen LogP contribution in [0, 0.1) is 18.7 Å². The molecule has 1 amide bonds. The molecule has 0 spiro atoms. The zero-order chi connectivity index (χ0) is 25.9. The molecule has 1 aliphatic heterocycles. The Balaban J connectivity index is 1.51. The Morgan fingerprint density at radius 1 is 1.06 bits per heavy atom. The summed E-state index contributed by atoms with van der Waals surface area (Å²) in [6, 6.07) is 17.5. The summed E-state index contributed by atoms with van der Waals surface area (Å²) in [5.74, 6) is -0.898. The van der Waals surface area contributed by atoms with Crippen molar-refractivity contribution in [1.82, 2.24) is 10.2 Å². The van der Waals surface area contributed by atoms with Crippen LogP contribution in [0.2, 0.25) is 5.02 Å². The number of hydrogen-bond donors (Lipinski definition) is 1. The molecule has 0 bridgehead atoms. The Kier molecular flexibility index (Phi) is 8.00. The average Bonchev–Trinajstić information content (AvgIpc) is 2.85. The van der Waals surface area contributed by atoms with Gasteiger partial charge in [-0.1, -0.05) is 54.1 Å². The average molecular weight is 519 g/mol. The highest BCUT2D eigenvalue weighted by Crippen LogP contribution is 2.33. The molecule has 0 aromatic heterocycles. The third kappa shape index (κ3) is 6.45. The van der Waals surface area contributed by atoms with E-state index in [1.54, 1.807) is 19.1 Å². The number of nitrogens with zero attached hydrogens (tertiary/aromatic N) is 1. The lowest BCUT2D eigenvalue weighted by Gasteiger charge is -2.37. The summed E-state index contributed by atoms with van der Waals surface area (Å²) in [6.07, 6.45) is -3.89. The Hall–Kier alpha value is -2.90. The number of alkyl halides is 3. The van der Waals surface area contributed by atoms with E-state index in [4.69, 9.17) is 11.6 Å². The van der Waals surface area contributed by atoms with Crippen molar-refractivity contribution in [3.05, 3.63) is 105 Å². The minimum atomic E-state index is -4.44. The highest BCUT2D eigenvalue weighted by Gasteiger charge is 2.33. The van der Waals surface area contributed by atoms with Crippen molar-refractivity contribution in [2.45, 2.75) is 38.5 Å². The standard InChI is InChI=1S/C28H27ClF4N2O/c1-18-11-20(9-10-26(18)30)22-13-23(17-35(16-22)15-21-6-2-3-8-25(21)29)27(36)34-14-19-5-4-7-24(12-19)28(31,32)33/h2-12,22-23H,13-17H2,1H3,(H,34,36). The van der Waals surface area contributed by atoms with Crippen molar-refractivity contribution in [3.63, 3.8) is 0 Å². The molecule has 1 aliphatic rings. The largest absolute Gasteiger partial charge is 0.416 e. The fourth-order valence-corrected chi connectivity index (χ4v) is 4.93. The number of piperidine rings is 1. The van der Waals surface area contributed by atoms with Gasteiger partial charge in [0.15, 0.2) is 0 Å². The first kappa shape index (κ1) is 26.2. The van der Waals surface area contributed by atoms with Crippen molar-refractivity contribution < 1.29 is 22.4 Å². The predicted octanol–water partition coefficient (Wildman–Crippen LogP) is 6.73. The molecule has 1 heterocycles. The summed E-state index contributed by atoms with van der Waals surface area (Å²) in [7, 11) is 0. The van der Waals surface area contributed by atoms with Crippen molar-refractivity contribution in [2.75, 3.05) is 13.1 Å². The van der Waals surface area contributed by atoms with Gasteiger partial charge in [-0.3, -0.25) is 9.69 Å². The Morgan fingerprint density at radius 2 is 1.83 bits per heavy atom. The van der Waals surface area contributed by atoms with Crippen LogP contribution in [0.15, 0.2) is 66.7 Å². The maximum Gasteiger partial charge on any atom is 0.416 e. The Labute approximate surface area is 213 Å². The number of rotatable bonds is 6. The van der Waals surface area contributed by atoms with Crippen LogP contribution >= 0.6 is 11.6 Å². The molecule has 190 valence electrons. The van der Waals surface area contributed by atoms with E-state index >= 15 is 0 Å². The lowest BCUT2D eigenvalue weighted by Crippen LogP contribution is -2.45. The van der Waals surface area contributed by atoms with Gasteiger partial charge in [0.05, 0.1) is 11.5 Å². The van der Waals surface area contributed by atoms with Crippen molar-refractivity contribution in [2.24, 2.45) is 5.92 Å². The Bertz CT molecular complexity index is 1230. The topological polar surface area (TPSA) is 32.3 Å². The van der Waals surface area contributed by atoms with E-state index in [-0.39, 0.29) is 30.1 Å². The van der Waals surface area contributed by atoms with E-state index in [2.05, 4.69) is 10.2 Å². The maximum atomic E-state index is 13.9. The summed E-state index contributed by atoms with van der Waals surface area (Å²) in [6.45, 7) is 3.42. The molecule has 0 saturated carbocycles. The first-order chi connectivity index (χ1) is 17.1. The van der Waals surface area contributed by atoms with Gasteiger partial charge in [0.2, 0.25) is 5.91 Å².